The van der Waals surface area contributed by atoms with Gasteiger partial charge in [0.1, 0.15) is 0 Å². The van der Waals surface area contributed by atoms with Gasteiger partial charge in [-0.2, -0.15) is 4.21 Å². The average Bonchev–Trinajstić information content (AvgIpc) is 0.722. The van der Waals surface area contributed by atoms with Crippen molar-refractivity contribution < 1.29 is 13.3 Å². The van der Waals surface area contributed by atoms with Crippen LogP contribution in [0.1, 0.15) is 0 Å². The average molecular weight is 315 g/mol. The van der Waals surface area contributed by atoms with Gasteiger partial charge in [0.05, 0.1) is 0 Å². The Morgan fingerprint density at radius 3 is 0.900 bits per heavy atom. The summed E-state index contributed by atoms with van der Waals surface area (Å²) in [5.41, 5.74) is 0. The Morgan fingerprint density at radius 2 is 0.900 bits per heavy atom. The Kier molecular flexibility index (Phi) is 82.1. The summed E-state index contributed by atoms with van der Waals surface area (Å²) in [6.45, 7) is 0. The van der Waals surface area contributed by atoms with Gasteiger partial charge >= 0.3 is 257 Å². The quantitative estimate of drug-likeness (QED) is 0.454. The zero-order valence-corrected chi connectivity index (χ0v) is 3.75. The van der Waals surface area contributed by atoms with Crippen molar-refractivity contribution >= 4 is 277 Å². The van der Waals surface area contributed by atoms with E-state index < -0.39 is 9.05 Å². The third kappa shape index (κ3) is 54.9. The van der Waals surface area contributed by atoms with Crippen molar-refractivity contribution in [1.29, 1.82) is 0 Å². The third-order valence-corrected chi connectivity index (χ3v) is 0. The second-order valence-corrected chi connectivity index (χ2v) is 2.65. The molecule has 0 amide bonds. The van der Waals surface area contributed by atoms with Gasteiger partial charge in [0.15, 0.2) is 0 Å². The van der Waals surface area contributed by atoms with Gasteiger partial charge in [-0.15, -0.1) is 0 Å². The first kappa shape index (κ1) is 36.3. The molecule has 0 rings (SSSR count). The molecule has 0 saturated carbocycles. The summed E-state index contributed by atoms with van der Waals surface area (Å²) in [5.74, 6) is 0. The zero-order chi connectivity index (χ0) is 4.50. The molecule has 0 heterocycles. The molecule has 0 unspecified atom stereocenters. The summed E-state index contributed by atoms with van der Waals surface area (Å²) in [7, 11) is -3.83. The van der Waals surface area contributed by atoms with Gasteiger partial charge in [-0.05, 0) is 0 Å². The van der Waals surface area contributed by atoms with Crippen LogP contribution in [0.25, 0.3) is 0 Å². The van der Waals surface area contributed by atoms with Gasteiger partial charge in [0, 0.05) is 11.2 Å². The summed E-state index contributed by atoms with van der Waals surface area (Å²) < 4.78 is 24.0. The summed E-state index contributed by atoms with van der Waals surface area (Å²) in [4.78, 5) is 0. The Hall–Kier alpha value is 8.47. The monoisotopic (exact) mass is 314 g/mol. The SMILES string of the molecule is O=S(O)(O)=S.[KH].[KH].[KH].[KH].[KH]. The van der Waals surface area contributed by atoms with Crippen LogP contribution in [0, 0.1) is 0 Å². The van der Waals surface area contributed by atoms with Crippen molar-refractivity contribution in [1.82, 2.24) is 0 Å². The van der Waals surface area contributed by atoms with Crippen LogP contribution in [0.4, 0.5) is 0 Å². The topological polar surface area (TPSA) is 57.5 Å². The molecular formula is H7K5O3S2. The molecule has 0 radical (unpaired) electrons. The predicted molar refractivity (Wildman–Crippen MR) is 56.5 cm³/mol. The van der Waals surface area contributed by atoms with E-state index in [-0.39, 0.29) is 257 Å². The van der Waals surface area contributed by atoms with Gasteiger partial charge in [-0.3, -0.25) is 9.11 Å². The van der Waals surface area contributed by atoms with E-state index in [1.54, 1.807) is 0 Å². The van der Waals surface area contributed by atoms with Gasteiger partial charge in [-0.25, -0.2) is 0 Å². The Bertz CT molecular complexity index is 98.1. The van der Waals surface area contributed by atoms with Crippen molar-refractivity contribution in [2.24, 2.45) is 0 Å². The van der Waals surface area contributed by atoms with E-state index in [0.717, 1.165) is 0 Å². The number of hydrogen-bond donors (Lipinski definition) is 2. The molecule has 3 nitrogen and oxygen atoms in total. The van der Waals surface area contributed by atoms with Crippen molar-refractivity contribution in [3.8, 4) is 0 Å². The molecule has 10 heteroatoms. The maximum absolute atomic E-state index is 9.11. The van der Waals surface area contributed by atoms with Gasteiger partial charge < -0.3 is 0 Å². The van der Waals surface area contributed by atoms with Crippen LogP contribution < -0.4 is 0 Å². The third-order valence-electron chi connectivity index (χ3n) is 0. The van der Waals surface area contributed by atoms with Gasteiger partial charge in [0.2, 0.25) is 0 Å². The van der Waals surface area contributed by atoms with E-state index in [9.17, 15) is 0 Å². The molecule has 0 aromatic heterocycles. The van der Waals surface area contributed by atoms with Crippen LogP contribution in [0.2, 0.25) is 0 Å². The van der Waals surface area contributed by atoms with E-state index in [4.69, 9.17) is 13.3 Å². The van der Waals surface area contributed by atoms with E-state index in [1.807, 2.05) is 0 Å². The molecule has 0 aliphatic carbocycles. The second-order valence-electron chi connectivity index (χ2n) is 0.448. The normalized spacial score (nSPS) is 5.80. The summed E-state index contributed by atoms with van der Waals surface area (Å²) in [5, 5.41) is 0. The van der Waals surface area contributed by atoms with E-state index in [1.165, 1.54) is 0 Å². The molecule has 0 aromatic carbocycles. The van der Waals surface area contributed by atoms with Crippen LogP contribution in [-0.4, -0.2) is 270 Å². The standard InChI is InChI=1S/5K.H2O3S2.5H/c;;;;;1-5(2,3)4;;;;;/h;;;;;(H2,1,2,3,4);;;;;. The van der Waals surface area contributed by atoms with E-state index in [2.05, 4.69) is 11.2 Å². The molecule has 10 heavy (non-hydrogen) atoms. The van der Waals surface area contributed by atoms with Crippen LogP contribution >= 0.6 is 0 Å². The number of hydrogen-bond acceptors (Lipinski definition) is 2. The fourth-order valence-electron chi connectivity index (χ4n) is 0. The van der Waals surface area contributed by atoms with E-state index >= 15 is 0 Å². The fourth-order valence-corrected chi connectivity index (χ4v) is 0. The summed E-state index contributed by atoms with van der Waals surface area (Å²) in [6.07, 6.45) is 0. The zero-order valence-electron chi connectivity index (χ0n) is 2.12. The Balaban J connectivity index is -0.00000000800. The maximum atomic E-state index is 9.11. The van der Waals surface area contributed by atoms with Gasteiger partial charge in [0.25, 0.3) is 9.05 Å². The molecule has 42 valence electrons. The van der Waals surface area contributed by atoms with Crippen molar-refractivity contribution in [3.63, 3.8) is 0 Å². The van der Waals surface area contributed by atoms with Crippen LogP contribution in [0.5, 0.6) is 0 Å². The summed E-state index contributed by atoms with van der Waals surface area (Å²) in [6, 6.07) is 0. The molecule has 0 aromatic rings. The van der Waals surface area contributed by atoms with E-state index in [0.29, 0.717) is 0 Å². The molecular weight excluding hydrogens is 308 g/mol. The van der Waals surface area contributed by atoms with Crippen LogP contribution in [0.3, 0.4) is 0 Å². The van der Waals surface area contributed by atoms with Gasteiger partial charge in [-0.1, -0.05) is 0 Å². The minimum absolute atomic E-state index is 0. The predicted octanol–water partition coefficient (Wildman–Crippen LogP) is -3.56. The first-order valence-corrected chi connectivity index (χ1v) is 3.10. The molecule has 0 atom stereocenters. The minimum atomic E-state index is -3.83. The molecule has 0 saturated heterocycles. The summed E-state index contributed by atoms with van der Waals surface area (Å²) >= 11 is 3.47. The molecule has 0 aliphatic rings. The molecule has 0 spiro atoms. The molecule has 0 fully saturated rings. The van der Waals surface area contributed by atoms with Crippen molar-refractivity contribution in [2.45, 2.75) is 0 Å². The number of rotatable bonds is 0. The Morgan fingerprint density at radius 1 is 0.900 bits per heavy atom. The molecule has 0 bridgehead atoms. The first-order chi connectivity index (χ1) is 2.00. The Labute approximate surface area is 279 Å². The second kappa shape index (κ2) is 22.6. The fraction of sp³-hybridized carbons (Fsp3) is 0. The molecule has 0 aliphatic heterocycles. The van der Waals surface area contributed by atoms with Crippen LogP contribution in [-0.2, 0) is 20.2 Å². The van der Waals surface area contributed by atoms with Crippen molar-refractivity contribution in [3.05, 3.63) is 0 Å². The van der Waals surface area contributed by atoms with Crippen molar-refractivity contribution in [2.75, 3.05) is 0 Å². The van der Waals surface area contributed by atoms with Crippen LogP contribution in [0.15, 0.2) is 0 Å². The first-order valence-electron chi connectivity index (χ1n) is 0.698. The molecule has 2 N–H and O–H groups in total.